The zero-order chi connectivity index (χ0) is 30.9. The summed E-state index contributed by atoms with van der Waals surface area (Å²) in [5, 5.41) is 98.0. The Labute approximate surface area is 244 Å². The molecule has 0 spiro atoms. The van der Waals surface area contributed by atoms with Crippen LogP contribution in [0.2, 0.25) is 0 Å². The van der Waals surface area contributed by atoms with Crippen molar-refractivity contribution in [3.05, 3.63) is 29.8 Å². The number of rotatable bonds is 22. The van der Waals surface area contributed by atoms with E-state index < -0.39 is 62.0 Å². The third-order valence-corrected chi connectivity index (χ3v) is 7.43. The van der Waals surface area contributed by atoms with Crippen LogP contribution in [0.5, 0.6) is 5.75 Å². The smallest absolute Gasteiger partial charge is 0.186 e. The summed E-state index contributed by atoms with van der Waals surface area (Å²) in [6.45, 7) is 0.0477. The van der Waals surface area contributed by atoms with Gasteiger partial charge in [-0.3, -0.25) is 9.69 Å². The van der Waals surface area contributed by atoms with Gasteiger partial charge in [0.1, 0.15) is 42.4 Å². The van der Waals surface area contributed by atoms with Gasteiger partial charge >= 0.3 is 0 Å². The van der Waals surface area contributed by atoms with Crippen molar-refractivity contribution in [2.45, 2.75) is 87.2 Å². The molecule has 0 aromatic heterocycles. The van der Waals surface area contributed by atoms with Crippen LogP contribution in [0.25, 0.3) is 0 Å². The highest BCUT2D eigenvalue weighted by Crippen LogP contribution is 2.18. The number of benzene rings is 1. The van der Waals surface area contributed by atoms with Gasteiger partial charge in [0.2, 0.25) is 0 Å². The highest BCUT2D eigenvalue weighted by molar-refractivity contribution is 8.12. The Balaban J connectivity index is 2.58. The molecule has 0 amide bonds. The molecule has 1 rings (SSSR count). The van der Waals surface area contributed by atoms with E-state index in [4.69, 9.17) is 14.9 Å². The Bertz CT molecular complexity index is 805. The molecular formula is C27H47NO12S. The van der Waals surface area contributed by atoms with Crippen LogP contribution in [0.15, 0.2) is 24.3 Å². The van der Waals surface area contributed by atoms with Crippen molar-refractivity contribution in [2.75, 3.05) is 39.5 Å². The minimum atomic E-state index is -1.83. The Morgan fingerprint density at radius 1 is 0.732 bits per heavy atom. The number of nitrogens with zero attached hydrogens (tertiary/aromatic N) is 1. The molecule has 1 aromatic carbocycles. The summed E-state index contributed by atoms with van der Waals surface area (Å²) in [4.78, 5) is 12.6. The Kier molecular flexibility index (Phi) is 18.8. The minimum absolute atomic E-state index is 0.0596. The topological polar surface area (TPSA) is 232 Å². The summed E-state index contributed by atoms with van der Waals surface area (Å²) in [5.74, 6) is 1.32. The molecule has 0 aliphatic heterocycles. The van der Waals surface area contributed by atoms with Gasteiger partial charge in [-0.25, -0.2) is 0 Å². The van der Waals surface area contributed by atoms with E-state index in [1.165, 1.54) is 23.6 Å². The van der Waals surface area contributed by atoms with E-state index in [1.807, 2.05) is 24.3 Å². The summed E-state index contributed by atoms with van der Waals surface area (Å²) in [7, 11) is 0. The second-order valence-electron chi connectivity index (χ2n) is 10.0. The number of hydrogen-bond acceptors (Lipinski definition) is 14. The van der Waals surface area contributed by atoms with Crippen LogP contribution in [-0.2, 0) is 10.5 Å². The number of thioether (sulfide) groups is 1. The molecule has 0 aliphatic carbocycles. The zero-order valence-corrected chi connectivity index (χ0v) is 24.2. The molecule has 0 aliphatic rings. The highest BCUT2D eigenvalue weighted by Gasteiger charge is 2.34. The summed E-state index contributed by atoms with van der Waals surface area (Å²) in [5.41, 5.74) is 1.02. The summed E-state index contributed by atoms with van der Waals surface area (Å²) in [6, 6.07) is 7.51. The van der Waals surface area contributed by atoms with Crippen LogP contribution in [0.3, 0.4) is 0 Å². The first-order valence-corrected chi connectivity index (χ1v) is 14.6. The van der Waals surface area contributed by atoms with E-state index in [1.54, 1.807) is 0 Å². The standard InChI is InChI=1S/C27H47NO12S/c1-17(31)41-16-18-6-8-19(9-7-18)40-11-5-3-2-4-10-28(12-20(32)24(36)26(38)22(34)14-29)13-21(33)25(37)27(39)23(35)15-30/h6-9,20-27,29-30,32-39H,2-5,10-16H2,1H3. The SMILES string of the molecule is CC(=O)SCc1ccc(OCCCCCCN(CC(O)C(O)C(O)C(O)CO)CC(O)C(O)C(O)C(O)CO)cc1. The molecule has 1 aromatic rings. The second kappa shape index (κ2) is 20.5. The maximum atomic E-state index is 11.1. The lowest BCUT2D eigenvalue weighted by molar-refractivity contribution is -0.130. The van der Waals surface area contributed by atoms with Gasteiger partial charge in [-0.05, 0) is 37.1 Å². The Morgan fingerprint density at radius 3 is 1.66 bits per heavy atom. The van der Waals surface area contributed by atoms with Gasteiger partial charge in [-0.2, -0.15) is 0 Å². The van der Waals surface area contributed by atoms with E-state index in [0.717, 1.165) is 30.6 Å². The number of aliphatic hydroxyl groups is 10. The van der Waals surface area contributed by atoms with Gasteiger partial charge in [0.25, 0.3) is 0 Å². The van der Waals surface area contributed by atoms with Crippen LogP contribution in [-0.4, -0.2) is 149 Å². The van der Waals surface area contributed by atoms with Crippen molar-refractivity contribution in [1.82, 2.24) is 4.90 Å². The highest BCUT2D eigenvalue weighted by atomic mass is 32.2. The first-order valence-electron chi connectivity index (χ1n) is 13.6. The van der Waals surface area contributed by atoms with E-state index in [9.17, 15) is 45.6 Å². The van der Waals surface area contributed by atoms with Crippen molar-refractivity contribution in [1.29, 1.82) is 0 Å². The fourth-order valence-corrected chi connectivity index (χ4v) is 4.54. The molecule has 14 heteroatoms. The number of carbonyl (C=O) groups is 1. The molecule has 0 fully saturated rings. The third-order valence-electron chi connectivity index (χ3n) is 6.54. The van der Waals surface area contributed by atoms with Crippen LogP contribution < -0.4 is 4.74 Å². The molecule has 238 valence electrons. The van der Waals surface area contributed by atoms with Crippen LogP contribution in [0.1, 0.15) is 38.2 Å². The number of aliphatic hydroxyl groups excluding tert-OH is 10. The van der Waals surface area contributed by atoms with Crippen LogP contribution in [0.4, 0.5) is 0 Å². The maximum Gasteiger partial charge on any atom is 0.186 e. The molecule has 8 atom stereocenters. The van der Waals surface area contributed by atoms with Gasteiger partial charge in [0.15, 0.2) is 5.12 Å². The number of ether oxygens (including phenoxy) is 1. The van der Waals surface area contributed by atoms with Gasteiger partial charge in [-0.15, -0.1) is 0 Å². The lowest BCUT2D eigenvalue weighted by Crippen LogP contribution is -2.53. The van der Waals surface area contributed by atoms with E-state index in [2.05, 4.69) is 0 Å². The molecule has 0 saturated heterocycles. The third kappa shape index (κ3) is 14.6. The molecule has 13 nitrogen and oxygen atoms in total. The summed E-state index contributed by atoms with van der Waals surface area (Å²) in [6.07, 6.45) is -11.0. The quantitative estimate of drug-likeness (QED) is 0.0617. The number of carbonyl (C=O) groups excluding carboxylic acids is 1. The summed E-state index contributed by atoms with van der Waals surface area (Å²) < 4.78 is 5.74. The second-order valence-corrected chi connectivity index (χ2v) is 11.2. The fraction of sp³-hybridized carbons (Fsp3) is 0.741. The van der Waals surface area contributed by atoms with Gasteiger partial charge in [-0.1, -0.05) is 36.7 Å². The minimum Gasteiger partial charge on any atom is -0.494 e. The van der Waals surface area contributed by atoms with Crippen molar-refractivity contribution in [3.8, 4) is 5.75 Å². The van der Waals surface area contributed by atoms with Crippen molar-refractivity contribution in [3.63, 3.8) is 0 Å². The molecule has 8 unspecified atom stereocenters. The molecule has 0 heterocycles. The monoisotopic (exact) mass is 609 g/mol. The Morgan fingerprint density at radius 2 is 1.20 bits per heavy atom. The molecule has 41 heavy (non-hydrogen) atoms. The van der Waals surface area contributed by atoms with Gasteiger partial charge in [0, 0.05) is 25.8 Å². The molecule has 10 N–H and O–H groups in total. The van der Waals surface area contributed by atoms with Crippen LogP contribution in [0, 0.1) is 0 Å². The molecular weight excluding hydrogens is 562 g/mol. The average Bonchev–Trinajstić information content (AvgIpc) is 2.97. The lowest BCUT2D eigenvalue weighted by Gasteiger charge is -2.33. The normalized spacial score (nSPS) is 17.9. The van der Waals surface area contributed by atoms with Gasteiger partial charge in [0.05, 0.1) is 32.0 Å². The zero-order valence-electron chi connectivity index (χ0n) is 23.4. The Hall–Kier alpha value is -1.40. The fourth-order valence-electron chi connectivity index (χ4n) is 3.98. The number of hydrogen-bond donors (Lipinski definition) is 10. The van der Waals surface area contributed by atoms with E-state index in [-0.39, 0.29) is 24.7 Å². The van der Waals surface area contributed by atoms with Gasteiger partial charge < -0.3 is 55.8 Å². The average molecular weight is 610 g/mol. The first kappa shape index (κ1) is 37.6. The maximum absolute atomic E-state index is 11.1. The predicted octanol–water partition coefficient (Wildman–Crippen LogP) is -2.42. The summed E-state index contributed by atoms with van der Waals surface area (Å²) >= 11 is 1.24. The molecule has 0 bridgehead atoms. The van der Waals surface area contributed by atoms with Crippen molar-refractivity contribution >= 4 is 16.9 Å². The molecule has 0 radical (unpaired) electrons. The first-order chi connectivity index (χ1) is 19.4. The largest absolute Gasteiger partial charge is 0.494 e. The van der Waals surface area contributed by atoms with E-state index in [0.29, 0.717) is 18.8 Å². The van der Waals surface area contributed by atoms with E-state index >= 15 is 0 Å². The number of unbranched alkanes of at least 4 members (excludes halogenated alkanes) is 3. The van der Waals surface area contributed by atoms with Crippen LogP contribution >= 0.6 is 11.8 Å². The molecule has 0 saturated carbocycles. The lowest BCUT2D eigenvalue weighted by atomic mass is 10.0. The predicted molar refractivity (Wildman–Crippen MR) is 151 cm³/mol. The van der Waals surface area contributed by atoms with Crippen molar-refractivity contribution in [2.24, 2.45) is 0 Å². The van der Waals surface area contributed by atoms with Crippen molar-refractivity contribution < 1.29 is 60.6 Å².